The minimum atomic E-state index is -2.49. The summed E-state index contributed by atoms with van der Waals surface area (Å²) in [4.78, 5) is 22.1. The number of alkyl halides is 1. The van der Waals surface area contributed by atoms with Crippen LogP contribution in [0.5, 0.6) is 0 Å². The lowest BCUT2D eigenvalue weighted by Crippen LogP contribution is -2.50. The first-order chi connectivity index (χ1) is 7.49. The molecule has 0 saturated carbocycles. The van der Waals surface area contributed by atoms with E-state index in [4.69, 9.17) is 9.84 Å². The summed E-state index contributed by atoms with van der Waals surface area (Å²) >= 11 is 0. The first-order valence-electron chi connectivity index (χ1n) is 5.38. The van der Waals surface area contributed by atoms with Gasteiger partial charge < -0.3 is 15.2 Å². The molecule has 100 valence electrons. The quantitative estimate of drug-likeness (QED) is 0.798. The third-order valence-corrected chi connectivity index (χ3v) is 2.16. The van der Waals surface area contributed by atoms with Crippen molar-refractivity contribution < 1.29 is 23.8 Å². The van der Waals surface area contributed by atoms with Gasteiger partial charge in [0.25, 0.3) is 0 Å². The molecular formula is C11H20FNO4. The Morgan fingerprint density at radius 1 is 1.35 bits per heavy atom. The molecule has 0 saturated heterocycles. The zero-order valence-electron chi connectivity index (χ0n) is 10.8. The summed E-state index contributed by atoms with van der Waals surface area (Å²) in [5.74, 6) is -2.35. The van der Waals surface area contributed by atoms with Gasteiger partial charge in [0.15, 0.2) is 0 Å². The Bertz CT molecular complexity index is 298. The van der Waals surface area contributed by atoms with Crippen LogP contribution in [0, 0.1) is 5.92 Å². The van der Waals surface area contributed by atoms with Crippen LogP contribution >= 0.6 is 0 Å². The monoisotopic (exact) mass is 249 g/mol. The molecule has 17 heavy (non-hydrogen) atoms. The molecule has 0 aromatic rings. The number of rotatable bonds is 4. The van der Waals surface area contributed by atoms with Crippen molar-refractivity contribution in [1.29, 1.82) is 0 Å². The number of ether oxygens (including phenoxy) is 1. The predicted octanol–water partition coefficient (Wildman–Crippen LogP) is 1.96. The SMILES string of the molecule is CC(C)C(F)(CNC(=O)OC(C)(C)C)C(=O)O. The van der Waals surface area contributed by atoms with Crippen molar-refractivity contribution in [3.05, 3.63) is 0 Å². The summed E-state index contributed by atoms with van der Waals surface area (Å²) in [6.07, 6.45) is -0.832. The van der Waals surface area contributed by atoms with Crippen LogP contribution in [0.3, 0.4) is 0 Å². The maximum Gasteiger partial charge on any atom is 0.407 e. The molecule has 1 amide bonds. The van der Waals surface area contributed by atoms with E-state index in [1.165, 1.54) is 13.8 Å². The average Bonchev–Trinajstić information content (AvgIpc) is 2.10. The van der Waals surface area contributed by atoms with Crippen LogP contribution in [-0.2, 0) is 9.53 Å². The Morgan fingerprint density at radius 3 is 2.12 bits per heavy atom. The number of amides is 1. The molecule has 0 bridgehead atoms. The Balaban J connectivity index is 4.44. The summed E-state index contributed by atoms with van der Waals surface area (Å²) in [7, 11) is 0. The zero-order chi connectivity index (χ0) is 13.9. The molecule has 0 heterocycles. The number of halogens is 1. The Kier molecular flexibility index (Phi) is 4.92. The molecule has 0 fully saturated rings. The second-order valence-corrected chi connectivity index (χ2v) is 5.18. The first-order valence-corrected chi connectivity index (χ1v) is 5.38. The highest BCUT2D eigenvalue weighted by molar-refractivity contribution is 5.79. The van der Waals surface area contributed by atoms with Gasteiger partial charge in [0.2, 0.25) is 5.67 Å². The van der Waals surface area contributed by atoms with Crippen LogP contribution in [0.1, 0.15) is 34.6 Å². The number of hydrogen-bond donors (Lipinski definition) is 2. The van der Waals surface area contributed by atoms with E-state index in [9.17, 15) is 14.0 Å². The number of nitrogens with one attached hydrogen (secondary N) is 1. The number of carbonyl (C=O) groups is 2. The summed E-state index contributed by atoms with van der Waals surface area (Å²) in [6.45, 7) is 7.24. The molecular weight excluding hydrogens is 229 g/mol. The zero-order valence-corrected chi connectivity index (χ0v) is 10.8. The van der Waals surface area contributed by atoms with Crippen molar-refractivity contribution in [2.75, 3.05) is 6.54 Å². The lowest BCUT2D eigenvalue weighted by Gasteiger charge is -2.26. The van der Waals surface area contributed by atoms with Gasteiger partial charge in [-0.2, -0.15) is 0 Å². The summed E-state index contributed by atoms with van der Waals surface area (Å²) in [5, 5.41) is 10.9. The van der Waals surface area contributed by atoms with Gasteiger partial charge in [0.1, 0.15) is 5.60 Å². The molecule has 0 aliphatic carbocycles. The van der Waals surface area contributed by atoms with E-state index in [1.54, 1.807) is 20.8 Å². The van der Waals surface area contributed by atoms with Crippen molar-refractivity contribution in [2.45, 2.75) is 45.9 Å². The fourth-order valence-electron chi connectivity index (χ4n) is 1.04. The van der Waals surface area contributed by atoms with E-state index < -0.39 is 35.8 Å². The van der Waals surface area contributed by atoms with Crippen molar-refractivity contribution in [3.63, 3.8) is 0 Å². The smallest absolute Gasteiger partial charge is 0.407 e. The molecule has 1 unspecified atom stereocenters. The molecule has 0 aliphatic heterocycles. The van der Waals surface area contributed by atoms with Gasteiger partial charge in [-0.25, -0.2) is 14.0 Å². The number of carboxylic acids is 1. The van der Waals surface area contributed by atoms with Crippen LogP contribution in [0.4, 0.5) is 9.18 Å². The third kappa shape index (κ3) is 5.01. The van der Waals surface area contributed by atoms with Gasteiger partial charge >= 0.3 is 12.1 Å². The summed E-state index contributed by atoms with van der Waals surface area (Å²) in [5.41, 5.74) is -3.19. The van der Waals surface area contributed by atoms with Crippen molar-refractivity contribution in [3.8, 4) is 0 Å². The van der Waals surface area contributed by atoms with Crippen molar-refractivity contribution >= 4 is 12.1 Å². The average molecular weight is 249 g/mol. The van der Waals surface area contributed by atoms with Gasteiger partial charge in [0.05, 0.1) is 6.54 Å². The molecule has 1 atom stereocenters. The van der Waals surface area contributed by atoms with E-state index in [-0.39, 0.29) is 0 Å². The van der Waals surface area contributed by atoms with Crippen LogP contribution in [0.15, 0.2) is 0 Å². The molecule has 5 nitrogen and oxygen atoms in total. The lowest BCUT2D eigenvalue weighted by atomic mass is 9.92. The van der Waals surface area contributed by atoms with E-state index in [1.807, 2.05) is 0 Å². The van der Waals surface area contributed by atoms with Gasteiger partial charge in [-0.05, 0) is 20.8 Å². The molecule has 0 rings (SSSR count). The van der Waals surface area contributed by atoms with Crippen LogP contribution in [0.2, 0.25) is 0 Å². The lowest BCUT2D eigenvalue weighted by molar-refractivity contribution is -0.153. The summed E-state index contributed by atoms with van der Waals surface area (Å²) < 4.78 is 18.8. The van der Waals surface area contributed by atoms with Crippen molar-refractivity contribution in [2.24, 2.45) is 5.92 Å². The van der Waals surface area contributed by atoms with Crippen LogP contribution < -0.4 is 5.32 Å². The normalized spacial score (nSPS) is 15.2. The van der Waals surface area contributed by atoms with E-state index in [0.29, 0.717) is 0 Å². The third-order valence-electron chi connectivity index (χ3n) is 2.16. The minimum absolute atomic E-state index is 0.616. The highest BCUT2D eigenvalue weighted by atomic mass is 19.1. The second-order valence-electron chi connectivity index (χ2n) is 5.18. The standard InChI is InChI=1S/C11H20FNO4/c1-7(2)11(12,8(14)15)6-13-9(16)17-10(3,4)5/h7H,6H2,1-5H3,(H,13,16)(H,14,15). The molecule has 6 heteroatoms. The number of hydrogen-bond acceptors (Lipinski definition) is 3. The Hall–Kier alpha value is -1.33. The molecule has 0 spiro atoms. The largest absolute Gasteiger partial charge is 0.479 e. The van der Waals surface area contributed by atoms with Crippen LogP contribution in [0.25, 0.3) is 0 Å². The fraction of sp³-hybridized carbons (Fsp3) is 0.818. The Morgan fingerprint density at radius 2 is 1.82 bits per heavy atom. The van der Waals surface area contributed by atoms with Gasteiger partial charge in [0, 0.05) is 5.92 Å². The second kappa shape index (κ2) is 5.33. The summed E-state index contributed by atoms with van der Waals surface area (Å²) in [6, 6.07) is 0. The van der Waals surface area contributed by atoms with Gasteiger partial charge in [-0.1, -0.05) is 13.8 Å². The highest BCUT2D eigenvalue weighted by Crippen LogP contribution is 2.21. The van der Waals surface area contributed by atoms with Crippen LogP contribution in [-0.4, -0.2) is 35.0 Å². The first kappa shape index (κ1) is 15.7. The molecule has 0 aromatic heterocycles. The topological polar surface area (TPSA) is 75.6 Å². The number of alkyl carbamates (subject to hydrolysis) is 1. The van der Waals surface area contributed by atoms with Crippen molar-refractivity contribution in [1.82, 2.24) is 5.32 Å². The predicted molar refractivity (Wildman–Crippen MR) is 60.5 cm³/mol. The number of carboxylic acid groups (broad SMARTS) is 1. The number of aliphatic carboxylic acids is 1. The molecule has 0 aliphatic rings. The minimum Gasteiger partial charge on any atom is -0.479 e. The van der Waals surface area contributed by atoms with Gasteiger partial charge in [-0.15, -0.1) is 0 Å². The van der Waals surface area contributed by atoms with Gasteiger partial charge in [-0.3, -0.25) is 0 Å². The fourth-order valence-corrected chi connectivity index (χ4v) is 1.04. The Labute approximate surface area is 100 Å². The highest BCUT2D eigenvalue weighted by Gasteiger charge is 2.42. The van der Waals surface area contributed by atoms with E-state index in [2.05, 4.69) is 5.32 Å². The molecule has 0 radical (unpaired) electrons. The maximum atomic E-state index is 14.0. The van der Waals surface area contributed by atoms with E-state index in [0.717, 1.165) is 0 Å². The van der Waals surface area contributed by atoms with E-state index >= 15 is 0 Å². The number of carbonyl (C=O) groups excluding carboxylic acids is 1. The molecule has 2 N–H and O–H groups in total. The molecule has 0 aromatic carbocycles. The maximum absolute atomic E-state index is 14.0.